The summed E-state index contributed by atoms with van der Waals surface area (Å²) < 4.78 is 26.3. The van der Waals surface area contributed by atoms with Crippen molar-refractivity contribution in [3.05, 3.63) is 18.5 Å². The third-order valence-electron chi connectivity index (χ3n) is 5.54. The number of hydrogen-bond acceptors (Lipinski definition) is 7. The second kappa shape index (κ2) is 8.75. The van der Waals surface area contributed by atoms with Crippen LogP contribution in [0.5, 0.6) is 0 Å². The van der Waals surface area contributed by atoms with Crippen molar-refractivity contribution in [1.29, 1.82) is 0 Å². The lowest BCUT2D eigenvalue weighted by Crippen LogP contribution is -2.50. The van der Waals surface area contributed by atoms with E-state index in [4.69, 9.17) is 9.39 Å². The minimum atomic E-state index is -2.59. The second-order valence-corrected chi connectivity index (χ2v) is 8.09. The van der Waals surface area contributed by atoms with Crippen LogP contribution in [0.3, 0.4) is 0 Å². The molecule has 4 rings (SSSR count). The van der Waals surface area contributed by atoms with E-state index in [2.05, 4.69) is 20.2 Å². The molecule has 3 saturated heterocycles. The monoisotopic (exact) mass is 428 g/mol. The molecule has 160 valence electrons. The van der Waals surface area contributed by atoms with E-state index in [1.54, 1.807) is 6.20 Å². The highest BCUT2D eigenvalue weighted by Gasteiger charge is 2.48. The van der Waals surface area contributed by atoms with E-state index in [-0.39, 0.29) is 18.6 Å². The maximum Gasteiger partial charge on any atom is 0.346 e. The Bertz CT molecular complexity index is 763. The van der Waals surface area contributed by atoms with Gasteiger partial charge >= 0.3 is 17.4 Å². The van der Waals surface area contributed by atoms with E-state index in [1.807, 2.05) is 16.9 Å². The van der Waals surface area contributed by atoms with Gasteiger partial charge in [0.1, 0.15) is 6.04 Å². The Kier molecular flexibility index (Phi) is 6.10. The van der Waals surface area contributed by atoms with Crippen LogP contribution in [0.4, 0.5) is 4.79 Å². The minimum Gasteiger partial charge on any atom is -0.311 e. The maximum absolute atomic E-state index is 12.5. The molecule has 0 aliphatic carbocycles. The van der Waals surface area contributed by atoms with Crippen molar-refractivity contribution in [3.8, 4) is 0 Å². The summed E-state index contributed by atoms with van der Waals surface area (Å²) in [6.07, 6.45) is 5.53. The molecule has 0 spiro atoms. The van der Waals surface area contributed by atoms with Gasteiger partial charge in [-0.25, -0.2) is 10.3 Å². The summed E-state index contributed by atoms with van der Waals surface area (Å²) in [5.74, 6) is 0.0367. The van der Waals surface area contributed by atoms with Gasteiger partial charge in [0.15, 0.2) is 0 Å². The Morgan fingerprint density at radius 2 is 2.31 bits per heavy atom. The molecule has 0 aromatic carbocycles. The van der Waals surface area contributed by atoms with Gasteiger partial charge in [0.25, 0.3) is 5.91 Å². The van der Waals surface area contributed by atoms with Crippen molar-refractivity contribution in [1.82, 2.24) is 30.5 Å². The van der Waals surface area contributed by atoms with E-state index in [1.165, 1.54) is 4.90 Å². The molecule has 4 heterocycles. The highest BCUT2D eigenvalue weighted by molar-refractivity contribution is 7.74. The van der Waals surface area contributed by atoms with Gasteiger partial charge < -0.3 is 10.2 Å². The van der Waals surface area contributed by atoms with E-state index in [0.29, 0.717) is 25.4 Å². The van der Waals surface area contributed by atoms with Crippen LogP contribution in [-0.2, 0) is 31.8 Å². The molecule has 3 amide bonds. The summed E-state index contributed by atoms with van der Waals surface area (Å²) in [5.41, 5.74) is 2.44. The van der Waals surface area contributed by atoms with Crippen molar-refractivity contribution in [2.24, 2.45) is 5.92 Å². The highest BCUT2D eigenvalue weighted by Crippen LogP contribution is 2.30. The summed E-state index contributed by atoms with van der Waals surface area (Å²) in [7, 11) is 0. The summed E-state index contributed by atoms with van der Waals surface area (Å²) in [6.45, 7) is 2.29. The molecule has 3 aliphatic heterocycles. The largest absolute Gasteiger partial charge is 0.346 e. The standard InChI is InChI=1S/C16H24N6O6S/c23-15(14-3-2-13-9-21(14)16(24)22(13)28-29(25)26)19-27-10-12-6-11(7-17-12)8-20-5-1-4-18-20/h1,4-5,11-14,17H,2-3,6-10H2,(H,19,23)(H,25,26)/t11-,12+,13?,14?/m1/s1. The predicted molar refractivity (Wildman–Crippen MR) is 98.8 cm³/mol. The quantitative estimate of drug-likeness (QED) is 0.363. The maximum atomic E-state index is 12.5. The summed E-state index contributed by atoms with van der Waals surface area (Å²) in [4.78, 5) is 31.5. The number of urea groups is 1. The molecule has 3 unspecified atom stereocenters. The van der Waals surface area contributed by atoms with Crippen molar-refractivity contribution in [2.45, 2.75) is 43.9 Å². The van der Waals surface area contributed by atoms with Crippen LogP contribution in [0, 0.1) is 5.92 Å². The third-order valence-corrected chi connectivity index (χ3v) is 5.83. The van der Waals surface area contributed by atoms with E-state index >= 15 is 0 Å². The van der Waals surface area contributed by atoms with Gasteiger partial charge in [0, 0.05) is 38.1 Å². The summed E-state index contributed by atoms with van der Waals surface area (Å²) >= 11 is -2.59. The molecule has 12 nitrogen and oxygen atoms in total. The van der Waals surface area contributed by atoms with Gasteiger partial charge in [-0.2, -0.15) is 14.4 Å². The topological polar surface area (TPSA) is 138 Å². The second-order valence-electron chi connectivity index (χ2n) is 7.51. The van der Waals surface area contributed by atoms with Crippen LogP contribution in [-0.4, -0.2) is 78.3 Å². The number of amides is 3. The van der Waals surface area contributed by atoms with Gasteiger partial charge in [-0.1, -0.05) is 0 Å². The number of nitrogens with zero attached hydrogens (tertiary/aromatic N) is 4. The zero-order valence-corrected chi connectivity index (χ0v) is 16.5. The van der Waals surface area contributed by atoms with Gasteiger partial charge in [0.05, 0.1) is 12.6 Å². The number of aromatic nitrogens is 2. The minimum absolute atomic E-state index is 0.128. The predicted octanol–water partition coefficient (Wildman–Crippen LogP) is -0.754. The molecule has 0 saturated carbocycles. The number of carbonyl (C=O) groups is 2. The lowest BCUT2D eigenvalue weighted by atomic mass is 10.0. The first-order chi connectivity index (χ1) is 14.0. The van der Waals surface area contributed by atoms with Crippen molar-refractivity contribution in [2.75, 3.05) is 19.7 Å². The molecule has 0 radical (unpaired) electrons. The van der Waals surface area contributed by atoms with Gasteiger partial charge in [-0.3, -0.25) is 18.9 Å². The summed E-state index contributed by atoms with van der Waals surface area (Å²) in [5, 5.41) is 8.47. The Balaban J connectivity index is 1.20. The zero-order valence-electron chi connectivity index (χ0n) is 15.7. The molecule has 1 aromatic heterocycles. The Morgan fingerprint density at radius 1 is 1.45 bits per heavy atom. The number of hydroxylamine groups is 3. The van der Waals surface area contributed by atoms with Crippen molar-refractivity contribution in [3.63, 3.8) is 0 Å². The van der Waals surface area contributed by atoms with Crippen LogP contribution in [0.1, 0.15) is 19.3 Å². The number of fused-ring (bicyclic) bond motifs is 2. The van der Waals surface area contributed by atoms with Crippen LogP contribution in [0.2, 0.25) is 0 Å². The van der Waals surface area contributed by atoms with Gasteiger partial charge in [-0.15, -0.1) is 4.28 Å². The van der Waals surface area contributed by atoms with Crippen LogP contribution >= 0.6 is 0 Å². The average Bonchev–Trinajstić information content (AvgIpc) is 3.41. The van der Waals surface area contributed by atoms with Crippen LogP contribution in [0.25, 0.3) is 0 Å². The number of piperidine rings is 1. The fraction of sp³-hybridized carbons (Fsp3) is 0.688. The summed E-state index contributed by atoms with van der Waals surface area (Å²) in [6, 6.07) is 0.407. The number of carbonyl (C=O) groups excluding carboxylic acids is 2. The molecule has 3 N–H and O–H groups in total. The number of nitrogens with one attached hydrogen (secondary N) is 2. The molecule has 3 fully saturated rings. The molecule has 13 heteroatoms. The fourth-order valence-electron chi connectivity index (χ4n) is 4.19. The van der Waals surface area contributed by atoms with Crippen molar-refractivity contribution < 1.29 is 27.5 Å². The normalized spacial score (nSPS) is 30.0. The van der Waals surface area contributed by atoms with Crippen LogP contribution in [0.15, 0.2) is 18.5 Å². The lowest BCUT2D eigenvalue weighted by Gasteiger charge is -2.29. The third kappa shape index (κ3) is 4.59. The first-order valence-electron chi connectivity index (χ1n) is 9.53. The molecular weight excluding hydrogens is 404 g/mol. The zero-order chi connectivity index (χ0) is 20.4. The number of hydrogen-bond donors (Lipinski definition) is 3. The molecule has 2 bridgehead atoms. The molecule has 3 aliphatic rings. The molecule has 5 atom stereocenters. The molecule has 29 heavy (non-hydrogen) atoms. The molecular formula is C16H24N6O6S. The lowest BCUT2D eigenvalue weighted by molar-refractivity contribution is -0.139. The Hall–Kier alpha value is -2.06. The van der Waals surface area contributed by atoms with Crippen LogP contribution < -0.4 is 10.8 Å². The van der Waals surface area contributed by atoms with Gasteiger partial charge in [0.2, 0.25) is 0 Å². The van der Waals surface area contributed by atoms with E-state index in [0.717, 1.165) is 24.6 Å². The van der Waals surface area contributed by atoms with E-state index in [9.17, 15) is 13.8 Å². The highest BCUT2D eigenvalue weighted by atomic mass is 32.2. The molecule has 1 aromatic rings. The Labute approximate surface area is 169 Å². The fourth-order valence-corrected chi connectivity index (χ4v) is 4.52. The van der Waals surface area contributed by atoms with Gasteiger partial charge in [-0.05, 0) is 31.2 Å². The first-order valence-corrected chi connectivity index (χ1v) is 10.6. The Morgan fingerprint density at radius 3 is 3.07 bits per heavy atom. The smallest absolute Gasteiger partial charge is 0.311 e. The van der Waals surface area contributed by atoms with E-state index < -0.39 is 29.3 Å². The number of rotatable bonds is 8. The first kappa shape index (κ1) is 20.2. The van der Waals surface area contributed by atoms with Crippen molar-refractivity contribution >= 4 is 23.3 Å². The average molecular weight is 428 g/mol. The SMILES string of the molecule is O=C(NOC[C@@H]1C[C@@H](Cn2cccn2)CN1)C1CCC2CN1C(=O)N2OS(=O)O.